The van der Waals surface area contributed by atoms with E-state index in [1.54, 1.807) is 0 Å². The Bertz CT molecular complexity index is 750. The molecule has 1 amide bonds. The van der Waals surface area contributed by atoms with Crippen LogP contribution in [0.3, 0.4) is 0 Å². The molecule has 1 saturated heterocycles. The van der Waals surface area contributed by atoms with Crippen LogP contribution in [0.5, 0.6) is 0 Å². The number of carbonyl (C=O) groups is 2. The van der Waals surface area contributed by atoms with Crippen LogP contribution < -0.4 is 10.6 Å². The summed E-state index contributed by atoms with van der Waals surface area (Å²) in [5, 5.41) is 15.0. The fourth-order valence-corrected chi connectivity index (χ4v) is 3.23. The van der Waals surface area contributed by atoms with Crippen molar-refractivity contribution in [1.82, 2.24) is 15.3 Å². The van der Waals surface area contributed by atoms with Crippen LogP contribution in [0.25, 0.3) is 11.0 Å². The van der Waals surface area contributed by atoms with Crippen molar-refractivity contribution in [3.8, 4) is 0 Å². The Kier molecular flexibility index (Phi) is 5.65. The van der Waals surface area contributed by atoms with E-state index in [-0.39, 0.29) is 12.3 Å². The lowest BCUT2D eigenvalue weighted by Crippen LogP contribution is -2.30. The van der Waals surface area contributed by atoms with E-state index in [0.717, 1.165) is 48.5 Å². The molecule has 0 bridgehead atoms. The first-order chi connectivity index (χ1) is 12.1. The van der Waals surface area contributed by atoms with Gasteiger partial charge in [-0.2, -0.15) is 0 Å². The lowest BCUT2D eigenvalue weighted by Gasteiger charge is -2.21. The van der Waals surface area contributed by atoms with Crippen molar-refractivity contribution in [2.45, 2.75) is 38.5 Å². The first-order valence-electron chi connectivity index (χ1n) is 8.81. The van der Waals surface area contributed by atoms with Gasteiger partial charge in [-0.25, -0.2) is 4.98 Å². The second kappa shape index (κ2) is 8.11. The molecule has 2 aromatic rings. The van der Waals surface area contributed by atoms with Gasteiger partial charge in [0, 0.05) is 24.9 Å². The Morgan fingerprint density at radius 2 is 2.08 bits per heavy atom. The van der Waals surface area contributed by atoms with Gasteiger partial charge in [0.25, 0.3) is 0 Å². The molecular weight excluding hydrogens is 320 g/mol. The number of nitrogens with one attached hydrogen (secondary N) is 3. The number of aryl methyl sites for hydroxylation is 1. The van der Waals surface area contributed by atoms with Crippen LogP contribution in [0.15, 0.2) is 18.2 Å². The monoisotopic (exact) mass is 344 g/mol. The molecule has 4 N–H and O–H groups in total. The van der Waals surface area contributed by atoms with Crippen LogP contribution in [-0.2, 0) is 16.0 Å². The molecule has 0 spiro atoms. The highest BCUT2D eigenvalue weighted by Crippen LogP contribution is 2.20. The maximum absolute atomic E-state index is 12.2. The fourth-order valence-electron chi connectivity index (χ4n) is 3.23. The molecule has 1 aromatic heterocycles. The van der Waals surface area contributed by atoms with Crippen LogP contribution in [0.2, 0.25) is 0 Å². The molecule has 0 aliphatic carbocycles. The topological polar surface area (TPSA) is 107 Å². The number of fused-ring (bicyclic) bond motifs is 1. The third-order valence-corrected chi connectivity index (χ3v) is 4.55. The van der Waals surface area contributed by atoms with Crippen molar-refractivity contribution in [2.75, 3.05) is 18.4 Å². The zero-order chi connectivity index (χ0) is 17.6. The molecule has 1 aliphatic rings. The van der Waals surface area contributed by atoms with Gasteiger partial charge in [-0.15, -0.1) is 0 Å². The molecule has 1 aliphatic heterocycles. The number of aliphatic carboxylic acids is 1. The second-order valence-corrected chi connectivity index (χ2v) is 6.61. The van der Waals surface area contributed by atoms with E-state index in [9.17, 15) is 9.59 Å². The molecule has 1 aromatic carbocycles. The largest absolute Gasteiger partial charge is 0.481 e. The normalized spacial score (nSPS) is 15.4. The highest BCUT2D eigenvalue weighted by Gasteiger charge is 2.17. The van der Waals surface area contributed by atoms with Crippen LogP contribution in [0, 0.1) is 5.92 Å². The Balaban J connectivity index is 1.58. The van der Waals surface area contributed by atoms with Crippen LogP contribution in [0.1, 0.15) is 37.9 Å². The number of carboxylic acid groups (broad SMARTS) is 1. The summed E-state index contributed by atoms with van der Waals surface area (Å²) in [7, 11) is 0. The summed E-state index contributed by atoms with van der Waals surface area (Å²) in [6.45, 7) is 1.98. The van der Waals surface area contributed by atoms with Crippen molar-refractivity contribution in [3.63, 3.8) is 0 Å². The van der Waals surface area contributed by atoms with Gasteiger partial charge in [-0.05, 0) is 56.5 Å². The maximum atomic E-state index is 12.2. The number of anilines is 1. The maximum Gasteiger partial charge on any atom is 0.303 e. The highest BCUT2D eigenvalue weighted by atomic mass is 16.4. The zero-order valence-corrected chi connectivity index (χ0v) is 14.2. The van der Waals surface area contributed by atoms with Crippen molar-refractivity contribution < 1.29 is 14.7 Å². The van der Waals surface area contributed by atoms with Crippen LogP contribution >= 0.6 is 0 Å². The molecule has 3 rings (SSSR count). The van der Waals surface area contributed by atoms with Gasteiger partial charge >= 0.3 is 5.97 Å². The summed E-state index contributed by atoms with van der Waals surface area (Å²) in [6, 6.07) is 5.60. The number of piperidine rings is 1. The number of aromatic amines is 1. The van der Waals surface area contributed by atoms with Gasteiger partial charge in [0.1, 0.15) is 5.82 Å². The number of rotatable bonds is 7. The summed E-state index contributed by atoms with van der Waals surface area (Å²) in [5.41, 5.74) is 2.43. The lowest BCUT2D eigenvalue weighted by atomic mass is 9.94. The number of hydrogen-bond donors (Lipinski definition) is 4. The molecule has 25 heavy (non-hydrogen) atoms. The molecule has 1 fully saturated rings. The van der Waals surface area contributed by atoms with Crippen LogP contribution in [0.4, 0.5) is 5.69 Å². The van der Waals surface area contributed by atoms with Crippen molar-refractivity contribution >= 4 is 28.6 Å². The minimum Gasteiger partial charge on any atom is -0.481 e. The van der Waals surface area contributed by atoms with Gasteiger partial charge in [-0.1, -0.05) is 0 Å². The van der Waals surface area contributed by atoms with Crippen LogP contribution in [-0.4, -0.2) is 40.0 Å². The average molecular weight is 344 g/mol. The number of benzene rings is 1. The Labute approximate surface area is 146 Å². The summed E-state index contributed by atoms with van der Waals surface area (Å²) in [5.74, 6) is 0.481. The molecule has 0 unspecified atom stereocenters. The summed E-state index contributed by atoms with van der Waals surface area (Å²) >= 11 is 0. The first-order valence-corrected chi connectivity index (χ1v) is 8.81. The molecule has 134 valence electrons. The SMILES string of the molecule is O=C(O)CCCc1nc2ccc(NC(=O)CC3CCNCC3)cc2[nH]1. The number of nitrogens with zero attached hydrogens (tertiary/aromatic N) is 1. The lowest BCUT2D eigenvalue weighted by molar-refractivity contribution is -0.137. The molecule has 0 radical (unpaired) electrons. The van der Waals surface area contributed by atoms with E-state index >= 15 is 0 Å². The zero-order valence-electron chi connectivity index (χ0n) is 14.2. The summed E-state index contributed by atoms with van der Waals surface area (Å²) < 4.78 is 0. The number of amides is 1. The van der Waals surface area contributed by atoms with Gasteiger partial charge in [0.05, 0.1) is 11.0 Å². The minimum atomic E-state index is -0.796. The predicted molar refractivity (Wildman–Crippen MR) is 95.5 cm³/mol. The van der Waals surface area contributed by atoms with E-state index < -0.39 is 5.97 Å². The van der Waals surface area contributed by atoms with E-state index in [0.29, 0.717) is 25.2 Å². The second-order valence-electron chi connectivity index (χ2n) is 6.61. The van der Waals surface area contributed by atoms with Crippen molar-refractivity contribution in [2.24, 2.45) is 5.92 Å². The highest BCUT2D eigenvalue weighted by molar-refractivity contribution is 5.93. The van der Waals surface area contributed by atoms with E-state index in [1.807, 2.05) is 18.2 Å². The quantitative estimate of drug-likeness (QED) is 0.616. The number of H-pyrrole nitrogens is 1. The summed E-state index contributed by atoms with van der Waals surface area (Å²) in [4.78, 5) is 30.4. The number of aromatic nitrogens is 2. The van der Waals surface area contributed by atoms with Gasteiger partial charge in [0.15, 0.2) is 0 Å². The van der Waals surface area contributed by atoms with Gasteiger partial charge in [-0.3, -0.25) is 9.59 Å². The molecular formula is C18H24N4O3. The fraction of sp³-hybridized carbons (Fsp3) is 0.500. The third kappa shape index (κ3) is 5.03. The van der Waals surface area contributed by atoms with E-state index in [2.05, 4.69) is 20.6 Å². The Morgan fingerprint density at radius 1 is 1.28 bits per heavy atom. The Hall–Kier alpha value is -2.41. The number of imidazole rings is 1. The average Bonchev–Trinajstić information content (AvgIpc) is 2.97. The first kappa shape index (κ1) is 17.4. The minimum absolute atomic E-state index is 0.0486. The molecule has 0 atom stereocenters. The van der Waals surface area contributed by atoms with E-state index in [1.165, 1.54) is 0 Å². The predicted octanol–water partition coefficient (Wildman–Crippen LogP) is 2.30. The third-order valence-electron chi connectivity index (χ3n) is 4.55. The summed E-state index contributed by atoms with van der Waals surface area (Å²) in [6.07, 6.45) is 3.94. The smallest absolute Gasteiger partial charge is 0.303 e. The number of hydrogen-bond acceptors (Lipinski definition) is 4. The van der Waals surface area contributed by atoms with Crippen molar-refractivity contribution in [3.05, 3.63) is 24.0 Å². The van der Waals surface area contributed by atoms with Gasteiger partial charge in [0.2, 0.25) is 5.91 Å². The van der Waals surface area contributed by atoms with E-state index in [4.69, 9.17) is 5.11 Å². The number of carboxylic acids is 1. The van der Waals surface area contributed by atoms with Crippen molar-refractivity contribution in [1.29, 1.82) is 0 Å². The molecule has 7 heteroatoms. The molecule has 2 heterocycles. The Morgan fingerprint density at radius 3 is 2.84 bits per heavy atom. The van der Waals surface area contributed by atoms with Gasteiger partial charge < -0.3 is 20.7 Å². The number of carbonyl (C=O) groups excluding carboxylic acids is 1. The standard InChI is InChI=1S/C18H24N4O3/c23-17(10-12-6-8-19-9-7-12)20-13-4-5-14-15(11-13)22-16(21-14)2-1-3-18(24)25/h4-5,11-12,19H,1-3,6-10H2,(H,20,23)(H,21,22)(H,24,25). The molecule has 7 nitrogen and oxygen atoms in total. The molecule has 0 saturated carbocycles.